The van der Waals surface area contributed by atoms with Gasteiger partial charge in [0, 0.05) is 15.7 Å². The van der Waals surface area contributed by atoms with Crippen molar-refractivity contribution in [2.75, 3.05) is 11.1 Å². The number of amides is 1. The highest BCUT2D eigenvalue weighted by atomic mass is 32.2. The fourth-order valence-corrected chi connectivity index (χ4v) is 6.78. The molecule has 0 atom stereocenters. The van der Waals surface area contributed by atoms with E-state index in [-0.39, 0.29) is 17.6 Å². The molecule has 1 N–H and O–H groups in total. The van der Waals surface area contributed by atoms with Gasteiger partial charge in [0.15, 0.2) is 15.9 Å². The minimum absolute atomic E-state index is 0.0939. The van der Waals surface area contributed by atoms with Gasteiger partial charge in [-0.05, 0) is 45.1 Å². The molecule has 1 aliphatic carbocycles. The van der Waals surface area contributed by atoms with Gasteiger partial charge in [-0.2, -0.15) is 0 Å². The first-order chi connectivity index (χ1) is 14.9. The summed E-state index contributed by atoms with van der Waals surface area (Å²) in [5.41, 5.74) is 3.23. The minimum atomic E-state index is -0.0939. The Hall–Kier alpha value is -2.04. The molecule has 0 spiro atoms. The second-order valence-electron chi connectivity index (χ2n) is 8.15. The van der Waals surface area contributed by atoms with Crippen LogP contribution in [0.5, 0.6) is 0 Å². The quantitative estimate of drug-likeness (QED) is 0.405. The second kappa shape index (κ2) is 8.14. The Morgan fingerprint density at radius 3 is 2.71 bits per heavy atom. The molecule has 4 heterocycles. The molecule has 10 heteroatoms. The van der Waals surface area contributed by atoms with E-state index in [0.717, 1.165) is 45.1 Å². The molecule has 5 rings (SSSR count). The smallest absolute Gasteiger partial charge is 0.236 e. The van der Waals surface area contributed by atoms with Crippen LogP contribution in [-0.4, -0.2) is 36.2 Å². The Bertz CT molecular complexity index is 1280. The number of thiazole rings is 1. The molecular formula is C21H24N6OS3. The van der Waals surface area contributed by atoms with Gasteiger partial charge in [-0.3, -0.25) is 9.20 Å². The van der Waals surface area contributed by atoms with Gasteiger partial charge in [-0.15, -0.1) is 32.9 Å². The number of aromatic nitrogens is 5. The van der Waals surface area contributed by atoms with Gasteiger partial charge in [0.25, 0.3) is 0 Å². The second-order valence-corrected chi connectivity index (χ2v) is 11.4. The van der Waals surface area contributed by atoms with Crippen molar-refractivity contribution in [2.45, 2.75) is 64.5 Å². The van der Waals surface area contributed by atoms with Crippen LogP contribution in [0.25, 0.3) is 15.9 Å². The van der Waals surface area contributed by atoms with Crippen molar-refractivity contribution in [3.63, 3.8) is 0 Å². The van der Waals surface area contributed by atoms with Gasteiger partial charge in [0.2, 0.25) is 5.91 Å². The molecule has 31 heavy (non-hydrogen) atoms. The molecule has 0 fully saturated rings. The summed E-state index contributed by atoms with van der Waals surface area (Å²) < 4.78 is 2.06. The summed E-state index contributed by atoms with van der Waals surface area (Å²) in [5, 5.41) is 14.4. The molecule has 0 aromatic carbocycles. The summed E-state index contributed by atoms with van der Waals surface area (Å²) in [6, 6.07) is 0. The molecule has 0 saturated heterocycles. The third-order valence-corrected chi connectivity index (χ3v) is 8.68. The zero-order valence-electron chi connectivity index (χ0n) is 18.0. The Labute approximate surface area is 192 Å². The summed E-state index contributed by atoms with van der Waals surface area (Å²) in [4.78, 5) is 25.6. The zero-order valence-corrected chi connectivity index (χ0v) is 20.4. The van der Waals surface area contributed by atoms with Crippen LogP contribution in [0.4, 0.5) is 5.13 Å². The van der Waals surface area contributed by atoms with Crippen LogP contribution >= 0.6 is 34.4 Å². The fourth-order valence-electron chi connectivity index (χ4n) is 3.95. The van der Waals surface area contributed by atoms with Gasteiger partial charge in [-0.25, -0.2) is 9.97 Å². The van der Waals surface area contributed by atoms with E-state index in [1.807, 2.05) is 25.2 Å². The van der Waals surface area contributed by atoms with Crippen LogP contribution in [-0.2, 0) is 17.6 Å². The van der Waals surface area contributed by atoms with E-state index in [4.69, 9.17) is 4.98 Å². The summed E-state index contributed by atoms with van der Waals surface area (Å²) in [7, 11) is 0. The lowest BCUT2D eigenvalue weighted by atomic mass is 9.97. The van der Waals surface area contributed by atoms with Gasteiger partial charge < -0.3 is 5.32 Å². The molecule has 0 radical (unpaired) electrons. The maximum Gasteiger partial charge on any atom is 0.236 e. The van der Waals surface area contributed by atoms with Crippen molar-refractivity contribution in [1.82, 2.24) is 24.6 Å². The molecule has 162 valence electrons. The number of carbonyl (C=O) groups excluding carboxylic acids is 1. The van der Waals surface area contributed by atoms with Gasteiger partial charge in [0.1, 0.15) is 10.7 Å². The van der Waals surface area contributed by atoms with Crippen LogP contribution in [0.1, 0.15) is 59.4 Å². The van der Waals surface area contributed by atoms with Crippen LogP contribution < -0.4 is 5.32 Å². The number of fused-ring (bicyclic) bond motifs is 5. The highest BCUT2D eigenvalue weighted by Gasteiger charge is 2.24. The van der Waals surface area contributed by atoms with Crippen molar-refractivity contribution in [2.24, 2.45) is 0 Å². The Balaban J connectivity index is 1.48. The lowest BCUT2D eigenvalue weighted by Gasteiger charge is -2.12. The molecule has 0 saturated carbocycles. The third kappa shape index (κ3) is 3.74. The lowest BCUT2D eigenvalue weighted by Crippen LogP contribution is -2.14. The summed E-state index contributed by atoms with van der Waals surface area (Å²) in [6.07, 6.45) is 4.67. The van der Waals surface area contributed by atoms with E-state index >= 15 is 0 Å². The van der Waals surface area contributed by atoms with Crippen LogP contribution in [0, 0.1) is 13.8 Å². The molecule has 4 aromatic rings. The SMILES string of the molecule is Cc1nc(NC(=O)CSc2nnc3c4c5c(sc4nc(C(C)C)n23)CCCC5)sc1C. The number of anilines is 1. The summed E-state index contributed by atoms with van der Waals surface area (Å²) >= 11 is 4.70. The Morgan fingerprint density at radius 1 is 1.16 bits per heavy atom. The zero-order chi connectivity index (χ0) is 21.7. The van der Waals surface area contributed by atoms with Crippen molar-refractivity contribution >= 4 is 61.3 Å². The fraction of sp³-hybridized carbons (Fsp3) is 0.476. The van der Waals surface area contributed by atoms with E-state index in [1.165, 1.54) is 46.4 Å². The van der Waals surface area contributed by atoms with Crippen molar-refractivity contribution in [3.05, 3.63) is 26.8 Å². The molecule has 1 aliphatic rings. The van der Waals surface area contributed by atoms with Gasteiger partial charge in [-0.1, -0.05) is 25.6 Å². The number of hydrogen-bond acceptors (Lipinski definition) is 8. The average molecular weight is 473 g/mol. The molecule has 1 amide bonds. The number of carbonyl (C=O) groups is 1. The Kier molecular flexibility index (Phi) is 5.47. The van der Waals surface area contributed by atoms with Gasteiger partial charge in [0.05, 0.1) is 16.8 Å². The van der Waals surface area contributed by atoms with E-state index in [9.17, 15) is 4.79 Å². The van der Waals surface area contributed by atoms with Crippen LogP contribution in [0.3, 0.4) is 0 Å². The number of hydrogen-bond donors (Lipinski definition) is 1. The Morgan fingerprint density at radius 2 is 1.97 bits per heavy atom. The van der Waals surface area contributed by atoms with Crippen molar-refractivity contribution in [1.29, 1.82) is 0 Å². The topological polar surface area (TPSA) is 85.1 Å². The number of rotatable bonds is 5. The minimum Gasteiger partial charge on any atom is -0.301 e. The number of thioether (sulfide) groups is 1. The van der Waals surface area contributed by atoms with Gasteiger partial charge >= 0.3 is 0 Å². The van der Waals surface area contributed by atoms with E-state index < -0.39 is 0 Å². The summed E-state index contributed by atoms with van der Waals surface area (Å²) in [6.45, 7) is 8.22. The molecule has 0 unspecified atom stereocenters. The monoisotopic (exact) mass is 472 g/mol. The third-order valence-electron chi connectivity index (χ3n) is 5.58. The predicted octanol–water partition coefficient (Wildman–Crippen LogP) is 5.15. The number of thiophene rings is 1. The highest BCUT2D eigenvalue weighted by Crippen LogP contribution is 2.39. The standard InChI is InChI=1S/C21H24N6OS3/c1-10(2)17-24-19-16(13-7-5-6-8-14(13)31-19)18-25-26-21(27(17)18)29-9-15(28)23-20-22-11(3)12(4)30-20/h10H,5-9H2,1-4H3,(H,22,23,28). The first-order valence-corrected chi connectivity index (χ1v) is 13.1. The van der Waals surface area contributed by atoms with Crippen LogP contribution in [0.15, 0.2) is 5.16 Å². The van der Waals surface area contributed by atoms with Crippen molar-refractivity contribution < 1.29 is 4.79 Å². The van der Waals surface area contributed by atoms with Crippen LogP contribution in [0.2, 0.25) is 0 Å². The summed E-state index contributed by atoms with van der Waals surface area (Å²) in [5.74, 6) is 1.32. The van der Waals surface area contributed by atoms with E-state index in [1.54, 1.807) is 0 Å². The molecule has 4 aromatic heterocycles. The molecule has 0 bridgehead atoms. The van der Waals surface area contributed by atoms with E-state index in [0.29, 0.717) is 10.3 Å². The van der Waals surface area contributed by atoms with E-state index in [2.05, 4.69) is 38.7 Å². The first-order valence-electron chi connectivity index (χ1n) is 10.5. The number of aryl methyl sites for hydroxylation is 4. The van der Waals surface area contributed by atoms with Crippen molar-refractivity contribution in [3.8, 4) is 0 Å². The molecule has 7 nitrogen and oxygen atoms in total. The maximum atomic E-state index is 12.5. The number of nitrogens with zero attached hydrogens (tertiary/aromatic N) is 5. The molecular weight excluding hydrogens is 448 g/mol. The molecule has 0 aliphatic heterocycles. The largest absolute Gasteiger partial charge is 0.301 e. The predicted molar refractivity (Wildman–Crippen MR) is 128 cm³/mol. The lowest BCUT2D eigenvalue weighted by molar-refractivity contribution is -0.113. The maximum absolute atomic E-state index is 12.5. The number of nitrogens with one attached hydrogen (secondary N) is 1. The highest BCUT2D eigenvalue weighted by molar-refractivity contribution is 7.99. The first kappa shape index (κ1) is 20.8. The average Bonchev–Trinajstić information content (AvgIpc) is 3.40. The normalized spacial score (nSPS) is 14.0.